The number of nitrogens with one attached hydrogen (secondary N) is 1. The molecule has 0 saturated heterocycles. The van der Waals surface area contributed by atoms with Crippen molar-refractivity contribution in [2.75, 3.05) is 5.75 Å². The second-order valence-corrected chi connectivity index (χ2v) is 4.59. The molecule has 0 bridgehead atoms. The fourth-order valence-electron chi connectivity index (χ4n) is 1.36. The van der Waals surface area contributed by atoms with Gasteiger partial charge in [0.05, 0.1) is 6.33 Å². The van der Waals surface area contributed by atoms with Crippen LogP contribution in [0, 0.1) is 0 Å². The van der Waals surface area contributed by atoms with E-state index in [1.165, 1.54) is 16.6 Å². The number of halogens is 3. The normalized spacial score (nSPS) is 12.2. The van der Waals surface area contributed by atoms with E-state index in [-0.39, 0.29) is 23.2 Å². The zero-order chi connectivity index (χ0) is 13.2. The third kappa shape index (κ3) is 3.03. The van der Waals surface area contributed by atoms with Gasteiger partial charge in [0.1, 0.15) is 6.33 Å². The Morgan fingerprint density at radius 1 is 1.39 bits per heavy atom. The minimum atomic E-state index is -4.13. The Labute approximate surface area is 104 Å². The maximum Gasteiger partial charge on any atom is 0.389 e. The Kier molecular flexibility index (Phi) is 3.60. The number of nitrogens with zero attached hydrogens (tertiary/aromatic N) is 3. The molecule has 1 N–H and O–H groups in total. The third-order valence-electron chi connectivity index (χ3n) is 2.14. The van der Waals surface area contributed by atoms with Gasteiger partial charge in [-0.15, -0.1) is 0 Å². The van der Waals surface area contributed by atoms with Crippen LogP contribution in [0.4, 0.5) is 13.2 Å². The Bertz CT molecular complexity index is 591. The number of aromatic amines is 1. The number of fused-ring (bicyclic) bond motifs is 1. The summed E-state index contributed by atoms with van der Waals surface area (Å²) in [5.41, 5.74) is 0.172. The van der Waals surface area contributed by atoms with Crippen LogP contribution in [0.15, 0.2) is 17.4 Å². The zero-order valence-corrected chi connectivity index (χ0v) is 9.88. The summed E-state index contributed by atoms with van der Waals surface area (Å²) in [6.45, 7) is 0. The van der Waals surface area contributed by atoms with Crippen LogP contribution in [0.25, 0.3) is 11.2 Å². The van der Waals surface area contributed by atoms with Crippen molar-refractivity contribution in [1.82, 2.24) is 18.9 Å². The van der Waals surface area contributed by atoms with E-state index in [9.17, 15) is 18.0 Å². The van der Waals surface area contributed by atoms with Gasteiger partial charge < -0.3 is 4.98 Å². The molecule has 0 unspecified atom stereocenters. The molecule has 2 heterocycles. The first-order valence-electron chi connectivity index (χ1n) is 5.08. The second kappa shape index (κ2) is 5.01. The number of aromatic nitrogens is 4. The van der Waals surface area contributed by atoms with E-state index in [1.54, 1.807) is 0 Å². The van der Waals surface area contributed by atoms with E-state index in [4.69, 9.17) is 0 Å². The Hall–Kier alpha value is -1.51. The van der Waals surface area contributed by atoms with E-state index in [0.717, 1.165) is 11.9 Å². The molecule has 0 saturated carbocycles. The number of rotatable bonds is 4. The van der Waals surface area contributed by atoms with Gasteiger partial charge in [0.2, 0.25) is 0 Å². The predicted octanol–water partition coefficient (Wildman–Crippen LogP) is 1.96. The van der Waals surface area contributed by atoms with Crippen molar-refractivity contribution < 1.29 is 13.2 Å². The predicted molar refractivity (Wildman–Crippen MR) is 61.3 cm³/mol. The average molecular weight is 278 g/mol. The topological polar surface area (TPSA) is 63.6 Å². The number of H-pyrrole nitrogens is 1. The van der Waals surface area contributed by atoms with Crippen LogP contribution in [0.2, 0.25) is 0 Å². The molecular weight excluding hydrogens is 269 g/mol. The summed E-state index contributed by atoms with van der Waals surface area (Å²) < 4.78 is 37.3. The monoisotopic (exact) mass is 278 g/mol. The molecule has 0 aliphatic rings. The molecule has 98 valence electrons. The van der Waals surface area contributed by atoms with Crippen molar-refractivity contribution in [1.29, 1.82) is 0 Å². The molecule has 2 aromatic heterocycles. The van der Waals surface area contributed by atoms with Gasteiger partial charge in [-0.2, -0.15) is 13.2 Å². The number of hydrogen-bond donors (Lipinski definition) is 1. The first-order valence-corrected chi connectivity index (χ1v) is 6.02. The molecule has 0 atom stereocenters. The number of imidazole rings is 1. The van der Waals surface area contributed by atoms with E-state index < -0.39 is 12.6 Å². The minimum absolute atomic E-state index is 0.0109. The van der Waals surface area contributed by atoms with Gasteiger partial charge in [0, 0.05) is 12.2 Å². The molecule has 0 aromatic carbocycles. The smallest absolute Gasteiger partial charge is 0.311 e. The first-order chi connectivity index (χ1) is 8.47. The van der Waals surface area contributed by atoms with Gasteiger partial charge in [-0.05, 0) is 18.4 Å². The Morgan fingerprint density at radius 3 is 2.89 bits per heavy atom. The van der Waals surface area contributed by atoms with Crippen molar-refractivity contribution in [3.8, 4) is 0 Å². The van der Waals surface area contributed by atoms with Crippen molar-refractivity contribution in [3.63, 3.8) is 0 Å². The first kappa shape index (κ1) is 12.9. The molecule has 5 nitrogen and oxygen atoms in total. The summed E-state index contributed by atoms with van der Waals surface area (Å²) in [5.74, 6) is 0.277. The van der Waals surface area contributed by atoms with Crippen LogP contribution in [-0.2, 0) is 0 Å². The zero-order valence-electron chi connectivity index (χ0n) is 9.07. The van der Waals surface area contributed by atoms with E-state index in [2.05, 4.69) is 15.0 Å². The summed E-state index contributed by atoms with van der Waals surface area (Å²) in [5, 5.41) is 0. The van der Waals surface area contributed by atoms with Gasteiger partial charge >= 0.3 is 6.18 Å². The second-order valence-electron chi connectivity index (χ2n) is 3.53. The lowest BCUT2D eigenvalue weighted by atomic mass is 10.3. The Morgan fingerprint density at radius 2 is 2.17 bits per heavy atom. The van der Waals surface area contributed by atoms with Gasteiger partial charge in [-0.3, -0.25) is 8.77 Å². The van der Waals surface area contributed by atoms with E-state index in [1.807, 2.05) is 0 Å². The van der Waals surface area contributed by atoms with E-state index >= 15 is 0 Å². The summed E-state index contributed by atoms with van der Waals surface area (Å²) in [4.78, 5) is 21.5. The summed E-state index contributed by atoms with van der Waals surface area (Å²) in [6, 6.07) is 0. The van der Waals surface area contributed by atoms with Crippen molar-refractivity contribution in [2.45, 2.75) is 19.0 Å². The molecule has 0 amide bonds. The lowest BCUT2D eigenvalue weighted by Gasteiger charge is -2.05. The van der Waals surface area contributed by atoms with Crippen LogP contribution in [0.1, 0.15) is 12.8 Å². The standard InChI is InChI=1S/C9H9F3N4OS/c10-9(11,12)2-1-3-18-16-5-15-6-7(16)13-4-14-8(6)17/h4-5H,1-3H2,(H,13,14,17). The van der Waals surface area contributed by atoms with Crippen molar-refractivity contribution >= 4 is 23.1 Å². The SMILES string of the molecule is O=c1[nH]cnc2c1ncn2SCCCC(F)(F)F. The summed E-state index contributed by atoms with van der Waals surface area (Å²) in [6.07, 6.45) is -2.32. The molecule has 2 rings (SSSR count). The van der Waals surface area contributed by atoms with E-state index in [0.29, 0.717) is 5.65 Å². The van der Waals surface area contributed by atoms with Gasteiger partial charge in [0.25, 0.3) is 5.56 Å². The van der Waals surface area contributed by atoms with Gasteiger partial charge in [0.15, 0.2) is 11.2 Å². The average Bonchev–Trinajstić information content (AvgIpc) is 2.68. The van der Waals surface area contributed by atoms with Crippen molar-refractivity contribution in [2.24, 2.45) is 0 Å². The molecule has 9 heteroatoms. The molecule has 18 heavy (non-hydrogen) atoms. The highest BCUT2D eigenvalue weighted by atomic mass is 32.2. The fraction of sp³-hybridized carbons (Fsp3) is 0.444. The fourth-order valence-corrected chi connectivity index (χ4v) is 2.20. The highest BCUT2D eigenvalue weighted by molar-refractivity contribution is 7.97. The largest absolute Gasteiger partial charge is 0.389 e. The molecule has 0 aliphatic heterocycles. The number of hydrogen-bond acceptors (Lipinski definition) is 4. The minimum Gasteiger partial charge on any atom is -0.311 e. The lowest BCUT2D eigenvalue weighted by Crippen LogP contribution is -2.08. The quantitative estimate of drug-likeness (QED) is 0.868. The molecule has 0 spiro atoms. The lowest BCUT2D eigenvalue weighted by molar-refractivity contribution is -0.134. The number of alkyl halides is 3. The van der Waals surface area contributed by atoms with Crippen LogP contribution >= 0.6 is 11.9 Å². The molecule has 0 aliphatic carbocycles. The highest BCUT2D eigenvalue weighted by Crippen LogP contribution is 2.23. The van der Waals surface area contributed by atoms with Crippen LogP contribution in [0.5, 0.6) is 0 Å². The van der Waals surface area contributed by atoms with Crippen molar-refractivity contribution in [3.05, 3.63) is 23.0 Å². The molecule has 0 fully saturated rings. The van der Waals surface area contributed by atoms with Crippen LogP contribution in [0.3, 0.4) is 0 Å². The maximum absolute atomic E-state index is 11.9. The molecule has 0 radical (unpaired) electrons. The van der Waals surface area contributed by atoms with Gasteiger partial charge in [-0.1, -0.05) is 0 Å². The van der Waals surface area contributed by atoms with Gasteiger partial charge in [-0.25, -0.2) is 9.97 Å². The maximum atomic E-state index is 11.9. The van der Waals surface area contributed by atoms with Crippen LogP contribution < -0.4 is 5.56 Å². The molecular formula is C9H9F3N4OS. The summed E-state index contributed by atoms with van der Waals surface area (Å²) >= 11 is 1.14. The molecule has 2 aromatic rings. The van der Waals surface area contributed by atoms with Crippen LogP contribution in [-0.4, -0.2) is 30.9 Å². The summed E-state index contributed by atoms with van der Waals surface area (Å²) in [7, 11) is 0. The third-order valence-corrected chi connectivity index (χ3v) is 3.16. The highest BCUT2D eigenvalue weighted by Gasteiger charge is 2.26. The Balaban J connectivity index is 2.01.